The molecule has 1 atom stereocenters. The fourth-order valence-electron chi connectivity index (χ4n) is 1.71. The topological polar surface area (TPSA) is 53.6 Å². The van der Waals surface area contributed by atoms with E-state index in [0.29, 0.717) is 6.04 Å². The molecular formula is C11H13F3N4. The monoisotopic (exact) mass is 258 g/mol. The number of aromatic nitrogens is 2. The number of nitrogens with one attached hydrogen (secondary N) is 1. The second-order valence-corrected chi connectivity index (χ2v) is 4.79. The molecule has 0 spiro atoms. The fraction of sp³-hybridized carbons (Fsp3) is 0.636. The lowest BCUT2D eigenvalue weighted by Gasteiger charge is -2.23. The highest BCUT2D eigenvalue weighted by atomic mass is 19.4. The summed E-state index contributed by atoms with van der Waals surface area (Å²) >= 11 is 0. The van der Waals surface area contributed by atoms with Crippen molar-refractivity contribution < 1.29 is 13.2 Å². The molecule has 1 saturated carbocycles. The highest BCUT2D eigenvalue weighted by Gasteiger charge is 2.35. The van der Waals surface area contributed by atoms with Crippen LogP contribution in [0.1, 0.15) is 25.3 Å². The van der Waals surface area contributed by atoms with Crippen molar-refractivity contribution in [3.63, 3.8) is 0 Å². The summed E-state index contributed by atoms with van der Waals surface area (Å²) in [5.74, 6) is 0. The summed E-state index contributed by atoms with van der Waals surface area (Å²) in [5, 5.41) is 15.9. The lowest BCUT2D eigenvalue weighted by molar-refractivity contribution is -0.137. The molecule has 1 aromatic rings. The van der Waals surface area contributed by atoms with Crippen molar-refractivity contribution in [1.29, 1.82) is 5.26 Å². The quantitative estimate of drug-likeness (QED) is 0.897. The van der Waals surface area contributed by atoms with E-state index in [1.165, 1.54) is 0 Å². The molecule has 1 heterocycles. The molecule has 1 aliphatic rings. The molecule has 4 nitrogen and oxygen atoms in total. The highest BCUT2D eigenvalue weighted by molar-refractivity contribution is 5.11. The third-order valence-corrected chi connectivity index (χ3v) is 2.79. The van der Waals surface area contributed by atoms with Crippen molar-refractivity contribution in [1.82, 2.24) is 15.1 Å². The van der Waals surface area contributed by atoms with Gasteiger partial charge in [0.05, 0.1) is 24.4 Å². The van der Waals surface area contributed by atoms with Crippen molar-refractivity contribution in [2.45, 2.75) is 44.1 Å². The fourth-order valence-corrected chi connectivity index (χ4v) is 1.71. The number of halogens is 3. The summed E-state index contributed by atoms with van der Waals surface area (Å²) in [5.41, 5.74) is -1.69. The van der Waals surface area contributed by atoms with Crippen LogP contribution < -0.4 is 5.32 Å². The van der Waals surface area contributed by atoms with Crippen LogP contribution in [0.25, 0.3) is 0 Å². The standard InChI is InChI=1S/C11H13F3N4/c1-10(6-15,17-9-2-3-9)7-18-5-8(4-16-18)11(12,13)14/h4-5,9,17H,2-3,7H2,1H3. The van der Waals surface area contributed by atoms with Crippen molar-refractivity contribution in [2.24, 2.45) is 0 Å². The Morgan fingerprint density at radius 1 is 1.56 bits per heavy atom. The smallest absolute Gasteiger partial charge is 0.295 e. The predicted molar refractivity (Wildman–Crippen MR) is 57.4 cm³/mol. The van der Waals surface area contributed by atoms with Crippen LogP contribution >= 0.6 is 0 Å². The van der Waals surface area contributed by atoms with E-state index in [1.54, 1.807) is 6.92 Å². The minimum atomic E-state index is -4.40. The Labute approximate surface area is 102 Å². The highest BCUT2D eigenvalue weighted by Crippen LogP contribution is 2.29. The number of nitrogens with zero attached hydrogens (tertiary/aromatic N) is 3. The van der Waals surface area contributed by atoms with E-state index in [4.69, 9.17) is 5.26 Å². The molecule has 1 aliphatic carbocycles. The predicted octanol–water partition coefficient (Wildman–Crippen LogP) is 1.94. The molecule has 2 rings (SSSR count). The summed E-state index contributed by atoms with van der Waals surface area (Å²) < 4.78 is 38.4. The van der Waals surface area contributed by atoms with E-state index in [9.17, 15) is 13.2 Å². The van der Waals surface area contributed by atoms with Crippen molar-refractivity contribution in [3.8, 4) is 6.07 Å². The molecule has 18 heavy (non-hydrogen) atoms. The van der Waals surface area contributed by atoms with Crippen molar-refractivity contribution >= 4 is 0 Å². The second-order valence-electron chi connectivity index (χ2n) is 4.79. The Morgan fingerprint density at radius 2 is 2.22 bits per heavy atom. The van der Waals surface area contributed by atoms with Gasteiger partial charge < -0.3 is 0 Å². The molecule has 7 heteroatoms. The van der Waals surface area contributed by atoms with E-state index in [-0.39, 0.29) is 6.54 Å². The van der Waals surface area contributed by atoms with Crippen molar-refractivity contribution in [2.75, 3.05) is 0 Å². The molecule has 1 aromatic heterocycles. The molecule has 0 amide bonds. The summed E-state index contributed by atoms with van der Waals surface area (Å²) in [6.45, 7) is 1.76. The normalized spacial score (nSPS) is 19.3. The van der Waals surface area contributed by atoms with Crippen LogP contribution in [0, 0.1) is 11.3 Å². The van der Waals surface area contributed by atoms with E-state index < -0.39 is 17.3 Å². The maximum atomic E-state index is 12.4. The van der Waals surface area contributed by atoms with Crippen LogP contribution in [-0.4, -0.2) is 21.4 Å². The maximum absolute atomic E-state index is 12.4. The van der Waals surface area contributed by atoms with Crippen LogP contribution in [0.5, 0.6) is 0 Å². The van der Waals surface area contributed by atoms with Gasteiger partial charge in [-0.25, -0.2) is 0 Å². The molecular weight excluding hydrogens is 245 g/mol. The van der Waals surface area contributed by atoms with Gasteiger partial charge in [0.15, 0.2) is 0 Å². The zero-order valence-corrected chi connectivity index (χ0v) is 9.83. The van der Waals surface area contributed by atoms with Crippen LogP contribution in [0.15, 0.2) is 12.4 Å². The lowest BCUT2D eigenvalue weighted by atomic mass is 10.1. The van der Waals surface area contributed by atoms with Gasteiger partial charge in [-0.05, 0) is 19.8 Å². The molecule has 98 valence electrons. The Hall–Kier alpha value is -1.55. The Morgan fingerprint density at radius 3 is 2.67 bits per heavy atom. The molecule has 0 saturated heterocycles. The minimum absolute atomic E-state index is 0.0933. The minimum Gasteiger partial charge on any atom is -0.295 e. The van der Waals surface area contributed by atoms with Crippen LogP contribution in [0.4, 0.5) is 13.2 Å². The zero-order chi connectivity index (χ0) is 13.4. The van der Waals surface area contributed by atoms with Gasteiger partial charge in [-0.1, -0.05) is 0 Å². The van der Waals surface area contributed by atoms with E-state index in [0.717, 1.165) is 29.9 Å². The summed E-state index contributed by atoms with van der Waals surface area (Å²) in [6.07, 6.45) is -0.696. The molecule has 0 radical (unpaired) electrons. The van der Waals surface area contributed by atoms with Gasteiger partial charge in [-0.2, -0.15) is 23.5 Å². The number of hydrogen-bond donors (Lipinski definition) is 1. The van der Waals surface area contributed by atoms with Crippen LogP contribution in [0.3, 0.4) is 0 Å². The Kier molecular flexibility index (Phi) is 3.07. The number of nitriles is 1. The van der Waals surface area contributed by atoms with E-state index in [1.807, 2.05) is 0 Å². The molecule has 0 aliphatic heterocycles. The first kappa shape index (κ1) is 12.9. The van der Waals surface area contributed by atoms with Gasteiger partial charge in [0.25, 0.3) is 0 Å². The third-order valence-electron chi connectivity index (χ3n) is 2.79. The summed E-state index contributed by atoms with van der Waals surface area (Å²) in [4.78, 5) is 0. The summed E-state index contributed by atoms with van der Waals surface area (Å²) in [7, 11) is 0. The lowest BCUT2D eigenvalue weighted by Crippen LogP contribution is -2.46. The van der Waals surface area contributed by atoms with Crippen molar-refractivity contribution in [3.05, 3.63) is 18.0 Å². The average molecular weight is 258 g/mol. The SMILES string of the molecule is CC(C#N)(Cn1cc(C(F)(F)F)cn1)NC1CC1. The van der Waals surface area contributed by atoms with E-state index in [2.05, 4.69) is 16.5 Å². The van der Waals surface area contributed by atoms with Gasteiger partial charge in [0, 0.05) is 12.2 Å². The van der Waals surface area contributed by atoms with Gasteiger partial charge in [0.1, 0.15) is 5.54 Å². The number of alkyl halides is 3. The first-order chi connectivity index (χ1) is 8.32. The number of hydrogen-bond acceptors (Lipinski definition) is 3. The molecule has 0 bridgehead atoms. The van der Waals surface area contributed by atoms with E-state index >= 15 is 0 Å². The molecule has 1 unspecified atom stereocenters. The van der Waals surface area contributed by atoms with Crippen LogP contribution in [0.2, 0.25) is 0 Å². The second kappa shape index (κ2) is 4.28. The van der Waals surface area contributed by atoms with Gasteiger partial charge in [-0.15, -0.1) is 0 Å². The average Bonchev–Trinajstić information content (AvgIpc) is 2.92. The molecule has 1 N–H and O–H groups in total. The van der Waals surface area contributed by atoms with Gasteiger partial charge >= 0.3 is 6.18 Å². The Balaban J connectivity index is 2.07. The Bertz CT molecular complexity index is 469. The first-order valence-electron chi connectivity index (χ1n) is 5.61. The third kappa shape index (κ3) is 3.01. The summed E-state index contributed by atoms with van der Waals surface area (Å²) in [6, 6.07) is 2.39. The van der Waals surface area contributed by atoms with Gasteiger partial charge in [0.2, 0.25) is 0 Å². The van der Waals surface area contributed by atoms with Crippen LogP contribution in [-0.2, 0) is 12.7 Å². The largest absolute Gasteiger partial charge is 0.419 e. The first-order valence-corrected chi connectivity index (χ1v) is 5.61. The zero-order valence-electron chi connectivity index (χ0n) is 9.83. The molecule has 0 aromatic carbocycles. The molecule has 1 fully saturated rings. The maximum Gasteiger partial charge on any atom is 0.419 e. The van der Waals surface area contributed by atoms with Gasteiger partial charge in [-0.3, -0.25) is 10.00 Å². The number of rotatable bonds is 4.